The lowest BCUT2D eigenvalue weighted by atomic mass is 10.2. The maximum Gasteiger partial charge on any atom is 0.228 e. The van der Waals surface area contributed by atoms with E-state index >= 15 is 0 Å². The zero-order valence-electron chi connectivity index (χ0n) is 17.1. The summed E-state index contributed by atoms with van der Waals surface area (Å²) in [5.41, 5.74) is 1.26. The number of hydrogen-bond acceptors (Lipinski definition) is 5. The van der Waals surface area contributed by atoms with Gasteiger partial charge in [0.05, 0.1) is 17.0 Å². The van der Waals surface area contributed by atoms with E-state index in [0.29, 0.717) is 36.7 Å². The maximum absolute atomic E-state index is 13.6. The number of fused-ring (bicyclic) bond motifs is 1. The Kier molecular flexibility index (Phi) is 5.35. The topological polar surface area (TPSA) is 83.1 Å². The molecule has 1 amide bonds. The molecule has 1 unspecified atom stereocenters. The van der Waals surface area contributed by atoms with E-state index in [1.165, 1.54) is 12.4 Å². The molecular formula is C23H21F2N5O2. The zero-order valence-corrected chi connectivity index (χ0v) is 17.1. The van der Waals surface area contributed by atoms with Crippen molar-refractivity contribution >= 4 is 22.8 Å². The highest BCUT2D eigenvalue weighted by molar-refractivity contribution is 5.88. The Morgan fingerprint density at radius 2 is 2.19 bits per heavy atom. The Hall–Kier alpha value is -3.67. The number of H-pyrrole nitrogens is 1. The van der Waals surface area contributed by atoms with E-state index in [2.05, 4.69) is 32.1 Å². The van der Waals surface area contributed by atoms with Crippen molar-refractivity contribution in [3.05, 3.63) is 48.2 Å². The molecule has 2 aromatic heterocycles. The number of carbonyl (C=O) groups is 1. The molecule has 3 heterocycles. The quantitative estimate of drug-likeness (QED) is 0.600. The van der Waals surface area contributed by atoms with Crippen molar-refractivity contribution in [3.8, 4) is 17.6 Å². The van der Waals surface area contributed by atoms with Crippen molar-refractivity contribution < 1.29 is 18.3 Å². The summed E-state index contributed by atoms with van der Waals surface area (Å²) in [6.45, 7) is 1.18. The largest absolute Gasteiger partial charge is 0.478 e. The highest BCUT2D eigenvalue weighted by Gasteiger charge is 2.46. The predicted octanol–water partition coefficient (Wildman–Crippen LogP) is 2.90. The summed E-state index contributed by atoms with van der Waals surface area (Å²) >= 11 is 0. The van der Waals surface area contributed by atoms with Crippen molar-refractivity contribution in [3.63, 3.8) is 0 Å². The Bertz CT molecular complexity index is 1220. The number of nitrogens with one attached hydrogen (secondary N) is 2. The number of benzene rings is 1. The van der Waals surface area contributed by atoms with Crippen LogP contribution in [0.2, 0.25) is 0 Å². The molecule has 0 radical (unpaired) electrons. The van der Waals surface area contributed by atoms with E-state index in [0.717, 1.165) is 11.8 Å². The molecule has 2 fully saturated rings. The predicted molar refractivity (Wildman–Crippen MR) is 114 cm³/mol. The molecule has 1 aliphatic carbocycles. The summed E-state index contributed by atoms with van der Waals surface area (Å²) in [7, 11) is 0. The average molecular weight is 437 g/mol. The Morgan fingerprint density at radius 1 is 1.34 bits per heavy atom. The lowest BCUT2D eigenvalue weighted by molar-refractivity contribution is -0.131. The number of nitrogens with zero attached hydrogens (tertiary/aromatic N) is 3. The van der Waals surface area contributed by atoms with E-state index in [1.54, 1.807) is 23.1 Å². The summed E-state index contributed by atoms with van der Waals surface area (Å²) in [5.74, 6) is 5.64. The summed E-state index contributed by atoms with van der Waals surface area (Å²) in [6.07, 6.45) is 1.59. The zero-order chi connectivity index (χ0) is 22.1. The third-order valence-corrected chi connectivity index (χ3v) is 5.66. The minimum Gasteiger partial charge on any atom is -0.478 e. The van der Waals surface area contributed by atoms with Crippen LogP contribution in [0.25, 0.3) is 11.0 Å². The first-order chi connectivity index (χ1) is 15.6. The first-order valence-electron chi connectivity index (χ1n) is 10.5. The second-order valence-corrected chi connectivity index (χ2v) is 7.96. The van der Waals surface area contributed by atoms with E-state index in [1.807, 2.05) is 6.07 Å². The van der Waals surface area contributed by atoms with Gasteiger partial charge in [-0.3, -0.25) is 4.79 Å². The van der Waals surface area contributed by atoms with Crippen LogP contribution >= 0.6 is 0 Å². The monoisotopic (exact) mass is 437 g/mol. The molecule has 0 spiro atoms. The third kappa shape index (κ3) is 4.21. The third-order valence-electron chi connectivity index (χ3n) is 5.66. The smallest absolute Gasteiger partial charge is 0.228 e. The number of para-hydroxylation sites is 1. The number of amides is 1. The van der Waals surface area contributed by atoms with E-state index in [4.69, 9.17) is 4.74 Å². The first-order valence-corrected chi connectivity index (χ1v) is 10.5. The van der Waals surface area contributed by atoms with Gasteiger partial charge < -0.3 is 19.9 Å². The van der Waals surface area contributed by atoms with Crippen LogP contribution in [-0.4, -0.2) is 57.7 Å². The van der Waals surface area contributed by atoms with Gasteiger partial charge in [0.25, 0.3) is 0 Å². The second-order valence-electron chi connectivity index (χ2n) is 7.96. The summed E-state index contributed by atoms with van der Waals surface area (Å²) in [6, 6.07) is 8.04. The van der Waals surface area contributed by atoms with Crippen molar-refractivity contribution in [2.75, 3.05) is 25.0 Å². The van der Waals surface area contributed by atoms with Gasteiger partial charge in [0.15, 0.2) is 11.6 Å². The van der Waals surface area contributed by atoms with E-state index in [-0.39, 0.29) is 24.3 Å². The van der Waals surface area contributed by atoms with Crippen LogP contribution in [0.3, 0.4) is 0 Å². The summed E-state index contributed by atoms with van der Waals surface area (Å²) in [5, 5.41) is 4.15. The van der Waals surface area contributed by atoms with Gasteiger partial charge in [0.1, 0.15) is 30.6 Å². The number of hydrogen-bond donors (Lipinski definition) is 2. The first kappa shape index (κ1) is 20.2. The molecule has 1 aromatic carbocycles. The van der Waals surface area contributed by atoms with Gasteiger partial charge in [-0.15, -0.1) is 0 Å². The number of rotatable bonds is 5. The molecule has 3 aromatic rings. The lowest BCUT2D eigenvalue weighted by Gasteiger charge is -2.17. The van der Waals surface area contributed by atoms with Gasteiger partial charge in [-0.2, -0.15) is 0 Å². The molecule has 164 valence electrons. The van der Waals surface area contributed by atoms with Crippen molar-refractivity contribution in [1.29, 1.82) is 0 Å². The van der Waals surface area contributed by atoms with Gasteiger partial charge in [0.2, 0.25) is 5.91 Å². The standard InChI is InChI=1S/C23H21F2N5O2/c24-18-5-1-2-6-20(18)32-9-3-4-14-10-17-21(28-14)26-13-27-22(17)29-15-7-8-30(12-15)23(31)16-11-19(16)25/h1-2,5-6,10,13,15-16,19H,7-9,11-12H2,(H2,26,27,28,29)/t15?,16-,19+/m0/s1. The normalized spacial score (nSPS) is 21.8. The minimum atomic E-state index is -0.979. The van der Waals surface area contributed by atoms with Gasteiger partial charge >= 0.3 is 0 Å². The Morgan fingerprint density at radius 3 is 3.00 bits per heavy atom. The lowest BCUT2D eigenvalue weighted by Crippen LogP contribution is -2.33. The molecule has 1 aliphatic heterocycles. The number of aromatic amines is 1. The van der Waals surface area contributed by atoms with Crippen LogP contribution in [0.1, 0.15) is 18.5 Å². The molecule has 7 nitrogen and oxygen atoms in total. The SMILES string of the molecule is O=C([C@H]1C[C@H]1F)N1CCC(Nc2ncnc3[nH]c(C#CCOc4ccccc4F)cc23)C1. The van der Waals surface area contributed by atoms with Crippen LogP contribution in [-0.2, 0) is 4.79 Å². The van der Waals surface area contributed by atoms with Crippen LogP contribution in [0.5, 0.6) is 5.75 Å². The number of carbonyl (C=O) groups excluding carboxylic acids is 1. The number of alkyl halides is 1. The Labute approximate surface area is 183 Å². The highest BCUT2D eigenvalue weighted by Crippen LogP contribution is 2.36. The molecule has 1 saturated heterocycles. The number of halogens is 2. The van der Waals surface area contributed by atoms with E-state index < -0.39 is 17.9 Å². The molecule has 9 heteroatoms. The molecular weight excluding hydrogens is 416 g/mol. The molecule has 3 atom stereocenters. The Balaban J connectivity index is 1.23. The second kappa shape index (κ2) is 8.46. The highest BCUT2D eigenvalue weighted by atomic mass is 19.1. The van der Waals surface area contributed by atoms with Crippen molar-refractivity contribution in [2.45, 2.75) is 25.1 Å². The fourth-order valence-corrected chi connectivity index (χ4v) is 3.85. The number of likely N-dealkylation sites (tertiary alicyclic amines) is 1. The van der Waals surface area contributed by atoms with Crippen LogP contribution in [0.15, 0.2) is 36.7 Å². The fraction of sp³-hybridized carbons (Fsp3) is 0.348. The van der Waals surface area contributed by atoms with Crippen LogP contribution < -0.4 is 10.1 Å². The molecule has 5 rings (SSSR count). The van der Waals surface area contributed by atoms with Crippen LogP contribution in [0, 0.1) is 23.6 Å². The van der Waals surface area contributed by atoms with E-state index in [9.17, 15) is 13.6 Å². The fourth-order valence-electron chi connectivity index (χ4n) is 3.85. The maximum atomic E-state index is 13.6. The minimum absolute atomic E-state index is 0.0347. The number of ether oxygens (including phenoxy) is 1. The molecule has 0 bridgehead atoms. The molecule has 1 saturated carbocycles. The summed E-state index contributed by atoms with van der Waals surface area (Å²) in [4.78, 5) is 25.7. The van der Waals surface area contributed by atoms with Gasteiger partial charge in [-0.1, -0.05) is 18.1 Å². The molecule has 2 aliphatic rings. The van der Waals surface area contributed by atoms with Gasteiger partial charge in [0, 0.05) is 19.1 Å². The number of anilines is 1. The summed E-state index contributed by atoms with van der Waals surface area (Å²) < 4.78 is 32.1. The molecule has 32 heavy (non-hydrogen) atoms. The van der Waals surface area contributed by atoms with Gasteiger partial charge in [-0.05, 0) is 37.0 Å². The average Bonchev–Trinajstić information content (AvgIpc) is 3.16. The molecule has 2 N–H and O–H groups in total. The van der Waals surface area contributed by atoms with Crippen LogP contribution in [0.4, 0.5) is 14.6 Å². The van der Waals surface area contributed by atoms with Crippen molar-refractivity contribution in [1.82, 2.24) is 19.9 Å². The number of aromatic nitrogens is 3. The van der Waals surface area contributed by atoms with Crippen molar-refractivity contribution in [2.24, 2.45) is 5.92 Å². The van der Waals surface area contributed by atoms with Gasteiger partial charge in [-0.25, -0.2) is 18.7 Å².